The van der Waals surface area contributed by atoms with Crippen LogP contribution in [0.5, 0.6) is 0 Å². The van der Waals surface area contributed by atoms with Crippen molar-refractivity contribution in [2.24, 2.45) is 0 Å². The Bertz CT molecular complexity index is 305. The topological polar surface area (TPSA) is 47.8 Å². The lowest BCUT2D eigenvalue weighted by Gasteiger charge is -2.17. The second kappa shape index (κ2) is 2.69. The third-order valence-corrected chi connectivity index (χ3v) is 2.18. The molecule has 1 aliphatic rings. The van der Waals surface area contributed by atoms with Gasteiger partial charge in [0.15, 0.2) is 0 Å². The van der Waals surface area contributed by atoms with Gasteiger partial charge in [-0.25, -0.2) is 9.67 Å². The lowest BCUT2D eigenvalue weighted by molar-refractivity contribution is -0.111. The average Bonchev–Trinajstić information content (AvgIpc) is 2.44. The van der Waals surface area contributed by atoms with E-state index in [-0.39, 0.29) is 6.04 Å². The smallest absolute Gasteiger partial charge is 0.147 e. The Morgan fingerprint density at radius 3 is 3.25 bits per heavy atom. The zero-order chi connectivity index (χ0) is 8.55. The summed E-state index contributed by atoms with van der Waals surface area (Å²) in [4.78, 5) is 14.9. The summed E-state index contributed by atoms with van der Waals surface area (Å²) in [5, 5.41) is 4.18. The highest BCUT2D eigenvalue weighted by Gasteiger charge is 2.21. The summed E-state index contributed by atoms with van der Waals surface area (Å²) in [6.07, 6.45) is 3.85. The Kier molecular flexibility index (Phi) is 1.67. The van der Waals surface area contributed by atoms with Gasteiger partial charge in [-0.05, 0) is 19.8 Å². The van der Waals surface area contributed by atoms with E-state index in [1.54, 1.807) is 4.68 Å². The van der Waals surface area contributed by atoms with Crippen molar-refractivity contribution in [2.75, 3.05) is 0 Å². The number of carbonyl (C=O) groups excluding carboxylic acids is 1. The zero-order valence-corrected chi connectivity index (χ0v) is 7.03. The molecule has 0 saturated carbocycles. The molecule has 1 aliphatic heterocycles. The Labute approximate surface area is 70.6 Å². The first-order valence-corrected chi connectivity index (χ1v) is 4.18. The van der Waals surface area contributed by atoms with Gasteiger partial charge in [0.1, 0.15) is 24.0 Å². The molecule has 0 spiro atoms. The van der Waals surface area contributed by atoms with Crippen LogP contribution < -0.4 is 0 Å². The Hall–Kier alpha value is -1.19. The number of fused-ring (bicyclic) bond motifs is 1. The number of hydrogen-bond acceptors (Lipinski definition) is 3. The molecule has 1 aromatic heterocycles. The van der Waals surface area contributed by atoms with Gasteiger partial charge in [-0.1, -0.05) is 0 Å². The molecule has 0 aliphatic carbocycles. The summed E-state index contributed by atoms with van der Waals surface area (Å²) in [7, 11) is 0. The van der Waals surface area contributed by atoms with Crippen LogP contribution in [0.3, 0.4) is 0 Å². The van der Waals surface area contributed by atoms with Crippen molar-refractivity contribution < 1.29 is 4.79 Å². The minimum Gasteiger partial charge on any atom is -0.301 e. The standard InChI is InChI=1S/C8H11N3O/c1-6-9-8-4-2-3-7(5-12)11(8)10-6/h5,7H,2-4H2,1H3. The lowest BCUT2D eigenvalue weighted by atomic mass is 10.1. The maximum atomic E-state index is 10.6. The van der Waals surface area contributed by atoms with E-state index in [4.69, 9.17) is 0 Å². The van der Waals surface area contributed by atoms with Gasteiger partial charge in [0.05, 0.1) is 0 Å². The van der Waals surface area contributed by atoms with Crippen LogP contribution in [-0.4, -0.2) is 21.1 Å². The number of aryl methyl sites for hydroxylation is 2. The molecule has 2 rings (SSSR count). The maximum absolute atomic E-state index is 10.6. The highest BCUT2D eigenvalue weighted by Crippen LogP contribution is 2.20. The highest BCUT2D eigenvalue weighted by atomic mass is 16.1. The first kappa shape index (κ1) is 7.46. The third-order valence-electron chi connectivity index (χ3n) is 2.18. The monoisotopic (exact) mass is 165 g/mol. The molecular formula is C8H11N3O. The molecule has 0 N–H and O–H groups in total. The number of hydrogen-bond donors (Lipinski definition) is 0. The Morgan fingerprint density at radius 2 is 2.50 bits per heavy atom. The summed E-state index contributed by atoms with van der Waals surface area (Å²) >= 11 is 0. The molecule has 1 atom stereocenters. The minimum atomic E-state index is -0.0741. The third kappa shape index (κ3) is 1.03. The second-order valence-electron chi connectivity index (χ2n) is 3.12. The summed E-state index contributed by atoms with van der Waals surface area (Å²) in [6.45, 7) is 1.85. The Balaban J connectivity index is 2.43. The SMILES string of the molecule is Cc1nc2n(n1)C(C=O)CCC2. The van der Waals surface area contributed by atoms with E-state index in [1.165, 1.54) is 0 Å². The molecule has 0 aromatic carbocycles. The molecule has 12 heavy (non-hydrogen) atoms. The van der Waals surface area contributed by atoms with Gasteiger partial charge in [0.25, 0.3) is 0 Å². The molecular weight excluding hydrogens is 154 g/mol. The largest absolute Gasteiger partial charge is 0.301 e. The molecule has 64 valence electrons. The van der Waals surface area contributed by atoms with Crippen LogP contribution in [-0.2, 0) is 11.2 Å². The second-order valence-corrected chi connectivity index (χ2v) is 3.12. The minimum absolute atomic E-state index is 0.0741. The first-order valence-electron chi connectivity index (χ1n) is 4.18. The van der Waals surface area contributed by atoms with E-state index < -0.39 is 0 Å². The van der Waals surface area contributed by atoms with Crippen molar-refractivity contribution in [2.45, 2.75) is 32.2 Å². The summed E-state index contributed by atoms with van der Waals surface area (Å²) < 4.78 is 1.76. The predicted octanol–water partition coefficient (Wildman–Crippen LogP) is 0.663. The van der Waals surface area contributed by atoms with E-state index in [1.807, 2.05) is 6.92 Å². The van der Waals surface area contributed by atoms with Crippen LogP contribution in [0.1, 0.15) is 30.5 Å². The number of carbonyl (C=O) groups is 1. The van der Waals surface area contributed by atoms with Crippen molar-refractivity contribution in [1.82, 2.24) is 14.8 Å². The average molecular weight is 165 g/mol. The van der Waals surface area contributed by atoms with E-state index in [0.717, 1.165) is 37.2 Å². The molecule has 1 unspecified atom stereocenters. The highest BCUT2D eigenvalue weighted by molar-refractivity contribution is 5.55. The van der Waals surface area contributed by atoms with Gasteiger partial charge in [-0.3, -0.25) is 0 Å². The van der Waals surface area contributed by atoms with Crippen LogP contribution in [0.15, 0.2) is 0 Å². The van der Waals surface area contributed by atoms with Crippen molar-refractivity contribution in [3.8, 4) is 0 Å². The number of rotatable bonds is 1. The van der Waals surface area contributed by atoms with Crippen LogP contribution in [0.2, 0.25) is 0 Å². The predicted molar refractivity (Wildman–Crippen MR) is 42.8 cm³/mol. The number of nitrogens with zero attached hydrogens (tertiary/aromatic N) is 3. The van der Waals surface area contributed by atoms with Gasteiger partial charge in [0.2, 0.25) is 0 Å². The van der Waals surface area contributed by atoms with Crippen LogP contribution >= 0.6 is 0 Å². The summed E-state index contributed by atoms with van der Waals surface area (Å²) in [5.74, 6) is 1.72. The van der Waals surface area contributed by atoms with E-state index >= 15 is 0 Å². The van der Waals surface area contributed by atoms with Crippen molar-refractivity contribution in [3.63, 3.8) is 0 Å². The quantitative estimate of drug-likeness (QED) is 0.574. The fourth-order valence-electron chi connectivity index (χ4n) is 1.63. The fraction of sp³-hybridized carbons (Fsp3) is 0.625. The first-order chi connectivity index (χ1) is 5.81. The number of aldehydes is 1. The van der Waals surface area contributed by atoms with Crippen molar-refractivity contribution in [3.05, 3.63) is 11.6 Å². The Morgan fingerprint density at radius 1 is 1.67 bits per heavy atom. The molecule has 0 saturated heterocycles. The van der Waals surface area contributed by atoms with Gasteiger partial charge >= 0.3 is 0 Å². The van der Waals surface area contributed by atoms with Crippen molar-refractivity contribution >= 4 is 6.29 Å². The zero-order valence-electron chi connectivity index (χ0n) is 7.03. The van der Waals surface area contributed by atoms with E-state index in [2.05, 4.69) is 10.1 Å². The molecule has 0 bridgehead atoms. The molecule has 0 amide bonds. The van der Waals surface area contributed by atoms with E-state index in [9.17, 15) is 4.79 Å². The summed E-state index contributed by atoms with van der Waals surface area (Å²) in [5.41, 5.74) is 0. The molecule has 0 radical (unpaired) electrons. The normalized spacial score (nSPS) is 21.9. The van der Waals surface area contributed by atoms with Crippen LogP contribution in [0.25, 0.3) is 0 Å². The molecule has 4 heteroatoms. The van der Waals surface area contributed by atoms with Gasteiger partial charge in [-0.15, -0.1) is 0 Å². The van der Waals surface area contributed by atoms with Crippen LogP contribution in [0.4, 0.5) is 0 Å². The fourth-order valence-corrected chi connectivity index (χ4v) is 1.63. The molecule has 1 aromatic rings. The van der Waals surface area contributed by atoms with Crippen molar-refractivity contribution in [1.29, 1.82) is 0 Å². The lowest BCUT2D eigenvalue weighted by Crippen LogP contribution is -2.20. The van der Waals surface area contributed by atoms with E-state index in [0.29, 0.717) is 0 Å². The van der Waals surface area contributed by atoms with Gasteiger partial charge in [-0.2, -0.15) is 5.10 Å². The van der Waals surface area contributed by atoms with Crippen LogP contribution in [0, 0.1) is 6.92 Å². The summed E-state index contributed by atoms with van der Waals surface area (Å²) in [6, 6.07) is -0.0741. The van der Waals surface area contributed by atoms with Gasteiger partial charge < -0.3 is 4.79 Å². The molecule has 0 fully saturated rings. The van der Waals surface area contributed by atoms with Gasteiger partial charge in [0, 0.05) is 6.42 Å². The molecule has 4 nitrogen and oxygen atoms in total. The maximum Gasteiger partial charge on any atom is 0.147 e. The molecule has 2 heterocycles. The number of aromatic nitrogens is 3.